The Kier molecular flexibility index (Phi) is 49.4. The van der Waals surface area contributed by atoms with E-state index in [0.717, 1.165) is 64.2 Å². The molecule has 0 saturated carbocycles. The van der Waals surface area contributed by atoms with Crippen molar-refractivity contribution in [3.63, 3.8) is 0 Å². The van der Waals surface area contributed by atoms with Crippen LogP contribution < -0.4 is 0 Å². The first kappa shape index (κ1) is 57.9. The summed E-state index contributed by atoms with van der Waals surface area (Å²) in [6.45, 7) is 7.69. The van der Waals surface area contributed by atoms with Crippen LogP contribution in [0.4, 0.5) is 0 Å². The smallest absolute Gasteiger partial charge is 0.306 e. The molecule has 1 atom stereocenters. The Bertz CT molecular complexity index is 997. The minimum atomic E-state index is -0.544. The van der Waals surface area contributed by atoms with Gasteiger partial charge in [-0.3, -0.25) is 9.59 Å². The van der Waals surface area contributed by atoms with Crippen molar-refractivity contribution in [2.24, 2.45) is 0 Å². The molecule has 350 valence electrons. The molecule has 0 fully saturated rings. The Labute approximate surface area is 373 Å². The average molecular weight is 841 g/mol. The molecule has 0 aromatic carbocycles. The predicted octanol–water partition coefficient (Wildman–Crippen LogP) is 17.6. The lowest BCUT2D eigenvalue weighted by atomic mass is 10.1. The van der Waals surface area contributed by atoms with Gasteiger partial charge in [0.25, 0.3) is 0 Å². The van der Waals surface area contributed by atoms with Crippen LogP contribution >= 0.6 is 0 Å². The summed E-state index contributed by atoms with van der Waals surface area (Å²) in [4.78, 5) is 25.4. The van der Waals surface area contributed by atoms with E-state index in [-0.39, 0.29) is 25.2 Å². The number of carbonyl (C=O) groups is 2. The number of rotatable bonds is 48. The van der Waals surface area contributed by atoms with Crippen LogP contribution in [0.3, 0.4) is 0 Å². The maximum atomic E-state index is 12.8. The Morgan fingerprint density at radius 2 is 0.750 bits per heavy atom. The topological polar surface area (TPSA) is 61.8 Å². The van der Waals surface area contributed by atoms with Gasteiger partial charge in [-0.15, -0.1) is 0 Å². The maximum Gasteiger partial charge on any atom is 0.306 e. The third-order valence-corrected chi connectivity index (χ3v) is 11.3. The van der Waals surface area contributed by atoms with Crippen LogP contribution in [0, 0.1) is 0 Å². The van der Waals surface area contributed by atoms with Crippen LogP contribution in [0.15, 0.2) is 48.6 Å². The monoisotopic (exact) mass is 841 g/mol. The lowest BCUT2D eigenvalue weighted by molar-refractivity contribution is -0.163. The van der Waals surface area contributed by atoms with Crippen molar-refractivity contribution in [2.45, 2.75) is 271 Å². The van der Waals surface area contributed by atoms with Gasteiger partial charge in [0, 0.05) is 19.4 Å². The fraction of sp³-hybridized carbons (Fsp3) is 0.818. The summed E-state index contributed by atoms with van der Waals surface area (Å²) >= 11 is 0. The van der Waals surface area contributed by atoms with Crippen LogP contribution in [0.5, 0.6) is 0 Å². The first-order chi connectivity index (χ1) is 29.6. The summed E-state index contributed by atoms with van der Waals surface area (Å²) in [6.07, 6.45) is 62.6. The third-order valence-electron chi connectivity index (χ3n) is 11.3. The van der Waals surface area contributed by atoms with Gasteiger partial charge in [0.1, 0.15) is 6.61 Å². The van der Waals surface area contributed by atoms with Gasteiger partial charge in [0.05, 0.1) is 6.61 Å². The van der Waals surface area contributed by atoms with Gasteiger partial charge in [-0.25, -0.2) is 0 Å². The fourth-order valence-electron chi connectivity index (χ4n) is 7.46. The molecule has 5 heteroatoms. The summed E-state index contributed by atoms with van der Waals surface area (Å²) < 4.78 is 17.4. The first-order valence-corrected chi connectivity index (χ1v) is 26.2. The van der Waals surface area contributed by atoms with Gasteiger partial charge >= 0.3 is 11.9 Å². The van der Waals surface area contributed by atoms with Gasteiger partial charge in [-0.05, 0) is 77.0 Å². The highest BCUT2D eigenvalue weighted by molar-refractivity contribution is 5.70. The number of carbonyl (C=O) groups excluding carboxylic acids is 2. The lowest BCUT2D eigenvalue weighted by Gasteiger charge is -2.18. The van der Waals surface area contributed by atoms with Crippen molar-refractivity contribution >= 4 is 11.9 Å². The van der Waals surface area contributed by atoms with Crippen molar-refractivity contribution in [3.8, 4) is 0 Å². The van der Waals surface area contributed by atoms with Gasteiger partial charge < -0.3 is 14.2 Å². The molecule has 5 nitrogen and oxygen atoms in total. The molecule has 1 unspecified atom stereocenters. The largest absolute Gasteiger partial charge is 0.462 e. The van der Waals surface area contributed by atoms with E-state index in [0.29, 0.717) is 19.4 Å². The SMILES string of the molecule is CC/C=C\C/C=C\C/C=C\CCCCCCOCC(COC(=O)CCCCCCCCCCC/C=C\CCCCCCCC)OC(=O)CCCCCCCCCCCCC. The molecule has 0 aromatic rings. The highest BCUT2D eigenvalue weighted by Crippen LogP contribution is 2.15. The molecule has 0 aliphatic rings. The Morgan fingerprint density at radius 1 is 0.383 bits per heavy atom. The fourth-order valence-corrected chi connectivity index (χ4v) is 7.46. The van der Waals surface area contributed by atoms with Crippen molar-refractivity contribution < 1.29 is 23.8 Å². The van der Waals surface area contributed by atoms with Gasteiger partial charge in [0.15, 0.2) is 6.10 Å². The number of ether oxygens (including phenoxy) is 3. The molecule has 0 saturated heterocycles. The molecule has 0 spiro atoms. The van der Waals surface area contributed by atoms with Crippen molar-refractivity contribution in [3.05, 3.63) is 48.6 Å². The van der Waals surface area contributed by atoms with Crippen LogP contribution in [-0.4, -0.2) is 37.9 Å². The normalized spacial score (nSPS) is 12.5. The highest BCUT2D eigenvalue weighted by Gasteiger charge is 2.17. The number of hydrogen-bond donors (Lipinski definition) is 0. The Hall–Kier alpha value is -2.14. The second kappa shape index (κ2) is 51.2. The quantitative estimate of drug-likeness (QED) is 0.0347. The van der Waals surface area contributed by atoms with E-state index in [4.69, 9.17) is 14.2 Å². The third kappa shape index (κ3) is 48.5. The van der Waals surface area contributed by atoms with E-state index >= 15 is 0 Å². The second-order valence-corrected chi connectivity index (χ2v) is 17.4. The summed E-state index contributed by atoms with van der Waals surface area (Å²) in [5.74, 6) is -0.403. The molecule has 0 bridgehead atoms. The summed E-state index contributed by atoms with van der Waals surface area (Å²) in [7, 11) is 0. The zero-order chi connectivity index (χ0) is 43.5. The van der Waals surface area contributed by atoms with E-state index in [1.165, 1.54) is 167 Å². The Balaban J connectivity index is 4.21. The van der Waals surface area contributed by atoms with Crippen molar-refractivity contribution in [2.75, 3.05) is 19.8 Å². The molecular formula is C55H100O5. The molecular weight excluding hydrogens is 741 g/mol. The van der Waals surface area contributed by atoms with Gasteiger partial charge in [0.2, 0.25) is 0 Å². The van der Waals surface area contributed by atoms with E-state index in [9.17, 15) is 9.59 Å². The van der Waals surface area contributed by atoms with Crippen LogP contribution in [0.2, 0.25) is 0 Å². The van der Waals surface area contributed by atoms with Crippen LogP contribution in [-0.2, 0) is 23.8 Å². The van der Waals surface area contributed by atoms with Crippen molar-refractivity contribution in [1.82, 2.24) is 0 Å². The number of allylic oxidation sites excluding steroid dienone is 8. The summed E-state index contributed by atoms with van der Waals surface area (Å²) in [5, 5.41) is 0. The Morgan fingerprint density at radius 3 is 1.22 bits per heavy atom. The first-order valence-electron chi connectivity index (χ1n) is 26.2. The van der Waals surface area contributed by atoms with Gasteiger partial charge in [-0.2, -0.15) is 0 Å². The van der Waals surface area contributed by atoms with Crippen LogP contribution in [0.25, 0.3) is 0 Å². The molecule has 0 aliphatic carbocycles. The van der Waals surface area contributed by atoms with E-state index in [1.54, 1.807) is 0 Å². The highest BCUT2D eigenvalue weighted by atomic mass is 16.6. The molecule has 0 rings (SSSR count). The minimum absolute atomic E-state index is 0.0781. The molecule has 0 radical (unpaired) electrons. The molecule has 60 heavy (non-hydrogen) atoms. The average Bonchev–Trinajstić information content (AvgIpc) is 3.25. The van der Waals surface area contributed by atoms with E-state index in [1.807, 2.05) is 0 Å². The molecule has 0 aliphatic heterocycles. The van der Waals surface area contributed by atoms with Gasteiger partial charge in [-0.1, -0.05) is 223 Å². The second-order valence-electron chi connectivity index (χ2n) is 17.4. The molecule has 0 amide bonds. The lowest BCUT2D eigenvalue weighted by Crippen LogP contribution is -2.30. The summed E-state index contributed by atoms with van der Waals surface area (Å²) in [6, 6.07) is 0. The molecule has 0 heterocycles. The number of hydrogen-bond acceptors (Lipinski definition) is 5. The van der Waals surface area contributed by atoms with Crippen LogP contribution in [0.1, 0.15) is 265 Å². The minimum Gasteiger partial charge on any atom is -0.462 e. The van der Waals surface area contributed by atoms with E-state index < -0.39 is 6.10 Å². The number of unbranched alkanes of at least 4 members (excludes halogenated alkanes) is 29. The maximum absolute atomic E-state index is 12.8. The summed E-state index contributed by atoms with van der Waals surface area (Å²) in [5.41, 5.74) is 0. The van der Waals surface area contributed by atoms with Crippen molar-refractivity contribution in [1.29, 1.82) is 0 Å². The molecule has 0 N–H and O–H groups in total. The molecule has 0 aromatic heterocycles. The zero-order valence-electron chi connectivity index (χ0n) is 40.2. The zero-order valence-corrected chi connectivity index (χ0v) is 40.2. The number of esters is 2. The van der Waals surface area contributed by atoms with E-state index in [2.05, 4.69) is 69.4 Å². The standard InChI is InChI=1S/C55H100O5/c1-4-7-10-13-16-19-22-24-26-27-28-29-30-31-34-36-39-42-45-48-54(56)59-52-53(60-55(57)49-46-43-40-37-33-21-18-15-12-9-6-3)51-58-50-47-44-41-38-35-32-25-23-20-17-14-11-8-5-2/h8,11,17,20,24-26,32,53H,4-7,9-10,12-16,18-19,21-23,27-31,33-52H2,1-3H3/b11-8-,20-17-,26-24-,32-25-. The predicted molar refractivity (Wildman–Crippen MR) is 261 cm³/mol.